The molecule has 1 amide bonds. The van der Waals surface area contributed by atoms with Crippen molar-refractivity contribution >= 4 is 5.91 Å². The number of amides is 1. The van der Waals surface area contributed by atoms with Gasteiger partial charge >= 0.3 is 0 Å². The van der Waals surface area contributed by atoms with Crippen molar-refractivity contribution in [1.82, 2.24) is 10.5 Å². The van der Waals surface area contributed by atoms with Gasteiger partial charge in [-0.05, 0) is 18.8 Å². The molecule has 124 valence electrons. The first-order valence-electron chi connectivity index (χ1n) is 7.81. The Morgan fingerprint density at radius 1 is 1.35 bits per heavy atom. The van der Waals surface area contributed by atoms with Crippen molar-refractivity contribution in [3.8, 4) is 11.3 Å². The maximum Gasteiger partial charge on any atom is 0.226 e. The predicted molar refractivity (Wildman–Crippen MR) is 88.7 cm³/mol. The van der Waals surface area contributed by atoms with Gasteiger partial charge in [-0.3, -0.25) is 4.79 Å². The maximum atomic E-state index is 12.0. The van der Waals surface area contributed by atoms with Gasteiger partial charge in [0, 0.05) is 18.2 Å². The van der Waals surface area contributed by atoms with E-state index in [1.807, 2.05) is 44.2 Å². The van der Waals surface area contributed by atoms with Gasteiger partial charge in [-0.2, -0.15) is 0 Å². The smallest absolute Gasteiger partial charge is 0.226 e. The molecule has 0 aliphatic heterocycles. The van der Waals surface area contributed by atoms with E-state index in [9.17, 15) is 9.90 Å². The fraction of sp³-hybridized carbons (Fsp3) is 0.444. The van der Waals surface area contributed by atoms with Crippen LogP contribution in [0.1, 0.15) is 32.9 Å². The summed E-state index contributed by atoms with van der Waals surface area (Å²) in [5.41, 5.74) is 1.39. The molecule has 0 bridgehead atoms. The van der Waals surface area contributed by atoms with E-state index in [1.54, 1.807) is 13.0 Å². The molecule has 2 N–H and O–H groups in total. The minimum atomic E-state index is -0.383. The largest absolute Gasteiger partial charge is 0.393 e. The molecule has 1 heterocycles. The number of nitrogens with zero attached hydrogens (tertiary/aromatic N) is 1. The number of aliphatic hydroxyl groups excluding tert-OH is 1. The summed E-state index contributed by atoms with van der Waals surface area (Å²) in [7, 11) is 0. The molecule has 0 saturated carbocycles. The molecule has 0 radical (unpaired) electrons. The molecule has 23 heavy (non-hydrogen) atoms. The first-order chi connectivity index (χ1) is 10.9. The normalized spacial score (nSPS) is 12.9. The van der Waals surface area contributed by atoms with Crippen molar-refractivity contribution in [2.24, 2.45) is 5.41 Å². The summed E-state index contributed by atoms with van der Waals surface area (Å²) in [5.74, 6) is 0.555. The molecule has 2 aromatic rings. The molecular weight excluding hydrogens is 292 g/mol. The van der Waals surface area contributed by atoms with Gasteiger partial charge in [0.1, 0.15) is 0 Å². The minimum absolute atomic E-state index is 0.100. The number of hydrogen-bond acceptors (Lipinski definition) is 4. The van der Waals surface area contributed by atoms with E-state index in [1.165, 1.54) is 0 Å². The first kappa shape index (κ1) is 17.2. The number of benzene rings is 1. The van der Waals surface area contributed by atoms with Gasteiger partial charge in [-0.25, -0.2) is 0 Å². The standard InChI is InChI=1S/C18H24N2O3/c1-13(21)11-18(2,3)12-19-17(22)10-15-9-16(23-20-15)14-7-5-4-6-8-14/h4-9,13,21H,10-12H2,1-3H3,(H,19,22). The van der Waals surface area contributed by atoms with Gasteiger partial charge in [0.25, 0.3) is 0 Å². The molecule has 2 rings (SSSR count). The van der Waals surface area contributed by atoms with E-state index in [4.69, 9.17) is 4.52 Å². The molecule has 1 aromatic carbocycles. The van der Waals surface area contributed by atoms with E-state index >= 15 is 0 Å². The molecule has 5 heteroatoms. The zero-order valence-electron chi connectivity index (χ0n) is 13.9. The van der Waals surface area contributed by atoms with Crippen LogP contribution < -0.4 is 5.32 Å². The lowest BCUT2D eigenvalue weighted by Crippen LogP contribution is -2.36. The van der Waals surface area contributed by atoms with Gasteiger partial charge in [0.05, 0.1) is 18.2 Å². The van der Waals surface area contributed by atoms with Crippen LogP contribution in [0.3, 0.4) is 0 Å². The highest BCUT2D eigenvalue weighted by molar-refractivity contribution is 5.78. The van der Waals surface area contributed by atoms with Gasteiger partial charge in [-0.15, -0.1) is 0 Å². The van der Waals surface area contributed by atoms with Crippen LogP contribution in [-0.4, -0.2) is 28.8 Å². The average molecular weight is 316 g/mol. The summed E-state index contributed by atoms with van der Waals surface area (Å²) in [5, 5.41) is 16.3. The average Bonchev–Trinajstić information content (AvgIpc) is 2.93. The van der Waals surface area contributed by atoms with Crippen LogP contribution in [0.5, 0.6) is 0 Å². The van der Waals surface area contributed by atoms with E-state index in [0.717, 1.165) is 5.56 Å². The SMILES string of the molecule is CC(O)CC(C)(C)CNC(=O)Cc1cc(-c2ccccc2)on1. The van der Waals surface area contributed by atoms with E-state index in [2.05, 4.69) is 10.5 Å². The molecule has 0 spiro atoms. The Balaban J connectivity index is 1.88. The molecule has 0 aliphatic carbocycles. The monoisotopic (exact) mass is 316 g/mol. The molecule has 0 aliphatic rings. The fourth-order valence-electron chi connectivity index (χ4n) is 2.57. The Hall–Kier alpha value is -2.14. The maximum absolute atomic E-state index is 12.0. The lowest BCUT2D eigenvalue weighted by Gasteiger charge is -2.26. The third kappa shape index (κ3) is 5.53. The van der Waals surface area contributed by atoms with E-state index in [-0.39, 0.29) is 23.8 Å². The number of aromatic nitrogens is 1. The minimum Gasteiger partial charge on any atom is -0.393 e. The Kier molecular flexibility index (Phi) is 5.55. The number of carbonyl (C=O) groups is 1. The number of rotatable bonds is 7. The van der Waals surface area contributed by atoms with Crippen molar-refractivity contribution in [1.29, 1.82) is 0 Å². The summed E-state index contributed by atoms with van der Waals surface area (Å²) in [6, 6.07) is 11.4. The predicted octanol–water partition coefficient (Wildman–Crippen LogP) is 2.80. The van der Waals surface area contributed by atoms with Crippen LogP contribution in [0.2, 0.25) is 0 Å². The molecular formula is C18H24N2O3. The molecule has 1 unspecified atom stereocenters. The van der Waals surface area contributed by atoms with Crippen molar-refractivity contribution < 1.29 is 14.4 Å². The third-order valence-electron chi connectivity index (χ3n) is 3.57. The number of nitrogens with one attached hydrogen (secondary N) is 1. The number of carbonyl (C=O) groups excluding carboxylic acids is 1. The number of hydrogen-bond donors (Lipinski definition) is 2. The highest BCUT2D eigenvalue weighted by Gasteiger charge is 2.21. The van der Waals surface area contributed by atoms with Crippen LogP contribution >= 0.6 is 0 Å². The van der Waals surface area contributed by atoms with Crippen LogP contribution in [0.15, 0.2) is 40.9 Å². The second-order valence-corrected chi connectivity index (χ2v) is 6.72. The topological polar surface area (TPSA) is 75.4 Å². The highest BCUT2D eigenvalue weighted by atomic mass is 16.5. The highest BCUT2D eigenvalue weighted by Crippen LogP contribution is 2.22. The molecule has 0 fully saturated rings. The Bertz CT molecular complexity index is 633. The quantitative estimate of drug-likeness (QED) is 0.823. The fourth-order valence-corrected chi connectivity index (χ4v) is 2.57. The van der Waals surface area contributed by atoms with E-state index in [0.29, 0.717) is 24.4 Å². The van der Waals surface area contributed by atoms with Crippen molar-refractivity contribution in [3.63, 3.8) is 0 Å². The summed E-state index contributed by atoms with van der Waals surface area (Å²) >= 11 is 0. The Morgan fingerprint density at radius 2 is 2.04 bits per heavy atom. The Labute approximate surface area is 136 Å². The van der Waals surface area contributed by atoms with Gasteiger partial charge < -0.3 is 14.9 Å². The zero-order chi connectivity index (χ0) is 16.9. The van der Waals surface area contributed by atoms with Gasteiger partial charge in [-0.1, -0.05) is 49.3 Å². The van der Waals surface area contributed by atoms with Gasteiger partial charge in [0.2, 0.25) is 5.91 Å². The van der Waals surface area contributed by atoms with Gasteiger partial charge in [0.15, 0.2) is 5.76 Å². The zero-order valence-corrected chi connectivity index (χ0v) is 13.9. The van der Waals surface area contributed by atoms with E-state index < -0.39 is 0 Å². The first-order valence-corrected chi connectivity index (χ1v) is 7.81. The van der Waals surface area contributed by atoms with Crippen molar-refractivity contribution in [2.75, 3.05) is 6.54 Å². The van der Waals surface area contributed by atoms with Crippen LogP contribution in [-0.2, 0) is 11.2 Å². The third-order valence-corrected chi connectivity index (χ3v) is 3.57. The summed E-state index contributed by atoms with van der Waals surface area (Å²) in [6.45, 7) is 6.30. The summed E-state index contributed by atoms with van der Waals surface area (Å²) < 4.78 is 5.29. The summed E-state index contributed by atoms with van der Waals surface area (Å²) in [6.07, 6.45) is 0.433. The molecule has 5 nitrogen and oxygen atoms in total. The molecule has 1 atom stereocenters. The second-order valence-electron chi connectivity index (χ2n) is 6.72. The second kappa shape index (κ2) is 7.42. The summed E-state index contributed by atoms with van der Waals surface area (Å²) in [4.78, 5) is 12.0. The Morgan fingerprint density at radius 3 is 2.70 bits per heavy atom. The lowest BCUT2D eigenvalue weighted by molar-refractivity contribution is -0.121. The molecule has 0 saturated heterocycles. The van der Waals surface area contributed by atoms with Crippen molar-refractivity contribution in [3.05, 3.63) is 42.1 Å². The number of aliphatic hydroxyl groups is 1. The van der Waals surface area contributed by atoms with Crippen molar-refractivity contribution in [2.45, 2.75) is 39.7 Å². The van der Waals surface area contributed by atoms with Crippen LogP contribution in [0.4, 0.5) is 0 Å². The lowest BCUT2D eigenvalue weighted by atomic mass is 9.87. The molecule has 1 aromatic heterocycles. The van der Waals surface area contributed by atoms with Crippen LogP contribution in [0, 0.1) is 5.41 Å². The van der Waals surface area contributed by atoms with Crippen LogP contribution in [0.25, 0.3) is 11.3 Å².